The zero-order chi connectivity index (χ0) is 22.3. The van der Waals surface area contributed by atoms with Crippen molar-refractivity contribution in [1.29, 1.82) is 5.26 Å². The monoisotopic (exact) mass is 515 g/mol. The lowest BCUT2D eigenvalue weighted by molar-refractivity contribution is 0.00159. The van der Waals surface area contributed by atoms with Gasteiger partial charge in [0.25, 0.3) is 0 Å². The summed E-state index contributed by atoms with van der Waals surface area (Å²) in [7, 11) is -8.44. The first-order valence-corrected chi connectivity index (χ1v) is 12.4. The molecule has 0 aliphatic carbocycles. The van der Waals surface area contributed by atoms with Gasteiger partial charge >= 0.3 is 0 Å². The van der Waals surface area contributed by atoms with E-state index in [1.165, 1.54) is 30.3 Å². The molecular weight excluding hydrogens is 498 g/mol. The Labute approximate surface area is 182 Å². The van der Waals surface area contributed by atoms with Crippen LogP contribution in [0.5, 0.6) is 0 Å². The molecule has 1 fully saturated rings. The third kappa shape index (κ3) is 3.89. The van der Waals surface area contributed by atoms with Gasteiger partial charge in [-0.3, -0.25) is 4.98 Å². The van der Waals surface area contributed by atoms with Gasteiger partial charge in [0.1, 0.15) is 10.9 Å². The van der Waals surface area contributed by atoms with Gasteiger partial charge in [0.05, 0.1) is 28.0 Å². The topological polar surface area (TPSA) is 149 Å². The van der Waals surface area contributed by atoms with E-state index in [-0.39, 0.29) is 19.8 Å². The van der Waals surface area contributed by atoms with E-state index in [0.717, 1.165) is 10.5 Å². The van der Waals surface area contributed by atoms with Crippen LogP contribution in [0.3, 0.4) is 0 Å². The number of hydrogen-bond acceptors (Lipinski definition) is 8. The average Bonchev–Trinajstić information content (AvgIpc) is 3.08. The number of aromatic nitrogens is 1. The summed E-state index contributed by atoms with van der Waals surface area (Å²) in [6, 6.07) is 8.57. The summed E-state index contributed by atoms with van der Waals surface area (Å²) in [5.41, 5.74) is -1.37. The van der Waals surface area contributed by atoms with Gasteiger partial charge in [0.2, 0.25) is 10.0 Å². The number of hydrogen-bond donors (Lipinski definition) is 2. The first-order valence-electron chi connectivity index (χ1n) is 8.65. The van der Waals surface area contributed by atoms with Crippen molar-refractivity contribution >= 4 is 35.8 Å². The van der Waals surface area contributed by atoms with Crippen LogP contribution in [0, 0.1) is 18.3 Å². The average molecular weight is 516 g/mol. The third-order valence-electron chi connectivity index (χ3n) is 4.96. The molecule has 0 radical (unpaired) electrons. The molecule has 2 atom stereocenters. The fourth-order valence-corrected chi connectivity index (χ4v) is 7.79. The van der Waals surface area contributed by atoms with Crippen molar-refractivity contribution < 1.29 is 27.0 Å². The Morgan fingerprint density at radius 1 is 1.30 bits per heavy atom. The zero-order valence-electron chi connectivity index (χ0n) is 15.7. The lowest BCUT2D eigenvalue weighted by Gasteiger charge is -2.26. The Morgan fingerprint density at radius 2 is 2.00 bits per heavy atom. The van der Waals surface area contributed by atoms with Gasteiger partial charge in [-0.25, -0.2) is 16.8 Å². The molecule has 9 nitrogen and oxygen atoms in total. The maximum Gasteiger partial charge on any atom is 0.244 e. The van der Waals surface area contributed by atoms with E-state index in [1.54, 1.807) is 6.92 Å². The molecule has 0 unspecified atom stereocenters. The van der Waals surface area contributed by atoms with E-state index in [4.69, 9.17) is 5.26 Å². The maximum absolute atomic E-state index is 13.1. The summed E-state index contributed by atoms with van der Waals surface area (Å²) in [5.74, 6) is 0. The summed E-state index contributed by atoms with van der Waals surface area (Å²) in [6.07, 6.45) is 1.14. The Morgan fingerprint density at radius 3 is 2.53 bits per heavy atom. The number of nitrogens with zero attached hydrogens (tertiary/aromatic N) is 3. The fourth-order valence-electron chi connectivity index (χ4n) is 3.25. The highest BCUT2D eigenvalue weighted by Crippen LogP contribution is 2.36. The second-order valence-corrected chi connectivity index (χ2v) is 11.9. The number of benzene rings is 1. The third-order valence-corrected chi connectivity index (χ3v) is 9.98. The van der Waals surface area contributed by atoms with Crippen molar-refractivity contribution in [3.05, 3.63) is 52.3 Å². The normalized spacial score (nSPS) is 22.7. The summed E-state index contributed by atoms with van der Waals surface area (Å²) < 4.78 is 53.4. The minimum Gasteiger partial charge on any atom is -0.393 e. The Hall–Kier alpha value is -1.88. The number of nitriles is 1. The number of rotatable bonds is 5. The number of sulfone groups is 1. The highest BCUT2D eigenvalue weighted by atomic mass is 79.9. The largest absolute Gasteiger partial charge is 0.393 e. The number of sulfonamides is 1. The molecule has 1 aliphatic rings. The summed E-state index contributed by atoms with van der Waals surface area (Å²) in [5, 5.41) is 27.9. The fraction of sp³-hybridized carbons (Fsp3) is 0.333. The van der Waals surface area contributed by atoms with Gasteiger partial charge in [-0.2, -0.15) is 9.57 Å². The number of β-amino-alcohol motifs (C(OH)–C–C–N with tert-alkyl or cyclic N) is 1. The lowest BCUT2D eigenvalue weighted by atomic mass is 10.1. The van der Waals surface area contributed by atoms with Gasteiger partial charge in [0, 0.05) is 29.5 Å². The van der Waals surface area contributed by atoms with Crippen LogP contribution in [0.4, 0.5) is 0 Å². The number of aliphatic hydroxyl groups excluding tert-OH is 1. The van der Waals surface area contributed by atoms with Crippen LogP contribution >= 0.6 is 15.9 Å². The van der Waals surface area contributed by atoms with Crippen molar-refractivity contribution in [3.8, 4) is 6.07 Å². The van der Waals surface area contributed by atoms with Gasteiger partial charge < -0.3 is 10.2 Å². The molecule has 2 N–H and O–H groups in total. The molecule has 30 heavy (non-hydrogen) atoms. The minimum absolute atomic E-state index is 0.128. The van der Waals surface area contributed by atoms with Crippen LogP contribution in [0.1, 0.15) is 11.3 Å². The molecule has 1 aromatic carbocycles. The molecule has 0 saturated carbocycles. The van der Waals surface area contributed by atoms with Gasteiger partial charge in [-0.1, -0.05) is 0 Å². The molecule has 1 aromatic heterocycles. The molecule has 160 valence electrons. The van der Waals surface area contributed by atoms with Crippen molar-refractivity contribution in [1.82, 2.24) is 9.29 Å². The zero-order valence-corrected chi connectivity index (χ0v) is 18.9. The second-order valence-electron chi connectivity index (χ2n) is 6.99. The molecule has 0 amide bonds. The van der Waals surface area contributed by atoms with E-state index in [9.17, 15) is 27.0 Å². The van der Waals surface area contributed by atoms with Crippen molar-refractivity contribution in [2.45, 2.75) is 27.6 Å². The minimum atomic E-state index is -4.23. The van der Waals surface area contributed by atoms with E-state index < -0.39 is 50.4 Å². The Bertz CT molecular complexity index is 1230. The smallest absolute Gasteiger partial charge is 0.244 e. The van der Waals surface area contributed by atoms with Gasteiger partial charge in [-0.15, -0.1) is 0 Å². The molecular formula is C18H18BrN3O6S2. The SMILES string of the molecule is Cc1ccc(S(=O)(=O)[C@H]2CN(S(=O)(=O)c3ccc(C#N)cc3Br)C[C@@]2(O)CO)cn1. The summed E-state index contributed by atoms with van der Waals surface area (Å²) in [6.45, 7) is -0.431. The molecule has 12 heteroatoms. The molecule has 3 rings (SSSR count). The number of aryl methyl sites for hydroxylation is 1. The lowest BCUT2D eigenvalue weighted by Crippen LogP contribution is -2.49. The second kappa shape index (κ2) is 7.99. The quantitative estimate of drug-likeness (QED) is 0.587. The van der Waals surface area contributed by atoms with Crippen LogP contribution in [0.25, 0.3) is 0 Å². The molecule has 2 aromatic rings. The van der Waals surface area contributed by atoms with Crippen LogP contribution in [0.15, 0.2) is 50.8 Å². The molecule has 1 aliphatic heterocycles. The highest BCUT2D eigenvalue weighted by Gasteiger charge is 2.55. The maximum atomic E-state index is 13.1. The van der Waals surface area contributed by atoms with Crippen molar-refractivity contribution in [3.63, 3.8) is 0 Å². The van der Waals surface area contributed by atoms with E-state index in [1.807, 2.05) is 6.07 Å². The summed E-state index contributed by atoms with van der Waals surface area (Å²) >= 11 is 3.12. The molecule has 0 spiro atoms. The predicted molar refractivity (Wildman–Crippen MR) is 110 cm³/mol. The molecule has 0 bridgehead atoms. The van der Waals surface area contributed by atoms with Crippen molar-refractivity contribution in [2.24, 2.45) is 0 Å². The summed E-state index contributed by atoms with van der Waals surface area (Å²) in [4.78, 5) is 3.59. The number of pyridine rings is 1. The van der Waals surface area contributed by atoms with E-state index in [0.29, 0.717) is 5.69 Å². The molecule has 2 heterocycles. The predicted octanol–water partition coefficient (Wildman–Crippen LogP) is 0.594. The highest BCUT2D eigenvalue weighted by molar-refractivity contribution is 9.10. The standard InChI is InChI=1S/C18H18BrN3O6S2/c1-12-2-4-14(8-21-12)29(25,26)17-9-22(10-18(17,24)11-23)30(27,28)16-5-3-13(7-20)6-15(16)19/h2-6,8,17,23-24H,9-11H2,1H3/t17-,18+/m0/s1. The number of halogens is 1. The molecule has 1 saturated heterocycles. The van der Waals surface area contributed by atoms with E-state index in [2.05, 4.69) is 20.9 Å². The van der Waals surface area contributed by atoms with Crippen LogP contribution in [0.2, 0.25) is 0 Å². The van der Waals surface area contributed by atoms with Crippen molar-refractivity contribution in [2.75, 3.05) is 19.7 Å². The van der Waals surface area contributed by atoms with Crippen LogP contribution in [-0.4, -0.2) is 66.9 Å². The first-order chi connectivity index (χ1) is 14.0. The van der Waals surface area contributed by atoms with Crippen LogP contribution < -0.4 is 0 Å². The Balaban J connectivity index is 2.02. The Kier molecular flexibility index (Phi) is 6.07. The van der Waals surface area contributed by atoms with Crippen LogP contribution in [-0.2, 0) is 19.9 Å². The van der Waals surface area contributed by atoms with Gasteiger partial charge in [-0.05, 0) is 53.2 Å². The van der Waals surface area contributed by atoms with E-state index >= 15 is 0 Å². The number of aliphatic hydroxyl groups is 2. The first kappa shape index (κ1) is 22.8. The van der Waals surface area contributed by atoms with Gasteiger partial charge in [0.15, 0.2) is 9.84 Å².